The van der Waals surface area contributed by atoms with Crippen LogP contribution in [0, 0.1) is 13.8 Å². The van der Waals surface area contributed by atoms with E-state index in [1.165, 1.54) is 23.4 Å². The maximum Gasteiger partial charge on any atom is 0.191 e. The minimum atomic E-state index is 0. The molecule has 0 radical (unpaired) electrons. The molecule has 0 aliphatic carbocycles. The van der Waals surface area contributed by atoms with E-state index in [4.69, 9.17) is 0 Å². The lowest BCUT2D eigenvalue weighted by molar-refractivity contribution is 0.468. The van der Waals surface area contributed by atoms with Gasteiger partial charge >= 0.3 is 0 Å². The van der Waals surface area contributed by atoms with Crippen molar-refractivity contribution in [2.75, 3.05) is 25.0 Å². The SMILES string of the molecule is CN=C(NCc1c(C)nn(C)c1C)NC1CCCN(c2ccccc2)C1.I. The summed E-state index contributed by atoms with van der Waals surface area (Å²) >= 11 is 0. The number of para-hydroxylation sites is 1. The molecule has 1 aromatic carbocycles. The summed E-state index contributed by atoms with van der Waals surface area (Å²) in [6, 6.07) is 11.0. The second-order valence-corrected chi connectivity index (χ2v) is 6.96. The number of benzene rings is 1. The maximum absolute atomic E-state index is 4.48. The Balaban J connectivity index is 0.00000261. The minimum Gasteiger partial charge on any atom is -0.369 e. The molecule has 7 heteroatoms. The van der Waals surface area contributed by atoms with Crippen molar-refractivity contribution in [1.82, 2.24) is 20.4 Å². The van der Waals surface area contributed by atoms with Crippen molar-refractivity contribution in [2.24, 2.45) is 12.0 Å². The molecule has 148 valence electrons. The van der Waals surface area contributed by atoms with Gasteiger partial charge in [0, 0.05) is 56.7 Å². The summed E-state index contributed by atoms with van der Waals surface area (Å²) in [5.41, 5.74) is 4.80. The zero-order chi connectivity index (χ0) is 18.5. The quantitative estimate of drug-likeness (QED) is 0.400. The summed E-state index contributed by atoms with van der Waals surface area (Å²) in [6.07, 6.45) is 2.35. The van der Waals surface area contributed by atoms with Crippen LogP contribution < -0.4 is 15.5 Å². The molecule has 1 aromatic heterocycles. The topological polar surface area (TPSA) is 57.5 Å². The first-order chi connectivity index (χ1) is 12.6. The third kappa shape index (κ3) is 5.37. The van der Waals surface area contributed by atoms with Gasteiger partial charge in [-0.15, -0.1) is 24.0 Å². The third-order valence-corrected chi connectivity index (χ3v) is 5.20. The first-order valence-corrected chi connectivity index (χ1v) is 9.34. The zero-order valence-electron chi connectivity index (χ0n) is 16.7. The van der Waals surface area contributed by atoms with E-state index in [1.807, 2.05) is 18.8 Å². The van der Waals surface area contributed by atoms with Crippen LogP contribution in [0.1, 0.15) is 29.8 Å². The van der Waals surface area contributed by atoms with Gasteiger partial charge in [0.25, 0.3) is 0 Å². The first-order valence-electron chi connectivity index (χ1n) is 9.34. The summed E-state index contributed by atoms with van der Waals surface area (Å²) in [7, 11) is 3.81. The van der Waals surface area contributed by atoms with Gasteiger partial charge in [-0.05, 0) is 38.8 Å². The third-order valence-electron chi connectivity index (χ3n) is 5.20. The molecule has 2 heterocycles. The summed E-state index contributed by atoms with van der Waals surface area (Å²) < 4.78 is 1.93. The van der Waals surface area contributed by atoms with Crippen LogP contribution >= 0.6 is 24.0 Å². The Labute approximate surface area is 179 Å². The van der Waals surface area contributed by atoms with E-state index in [9.17, 15) is 0 Å². The Morgan fingerprint density at radius 3 is 2.63 bits per heavy atom. The van der Waals surface area contributed by atoms with Gasteiger partial charge in [0.1, 0.15) is 0 Å². The summed E-state index contributed by atoms with van der Waals surface area (Å²) in [5, 5.41) is 11.5. The molecule has 27 heavy (non-hydrogen) atoms. The standard InChI is InChI=1S/C20H30N6.HI/c1-15-19(16(2)25(4)24-15)13-22-20(21-3)23-17-9-8-12-26(14-17)18-10-6-5-7-11-18;/h5-7,10-11,17H,8-9,12-14H2,1-4H3,(H2,21,22,23);1H. The number of aliphatic imine (C=N–C) groups is 1. The van der Waals surface area contributed by atoms with Gasteiger partial charge < -0.3 is 15.5 Å². The second-order valence-electron chi connectivity index (χ2n) is 6.96. The number of nitrogens with zero attached hydrogens (tertiary/aromatic N) is 4. The Kier molecular flexibility index (Phi) is 7.94. The Morgan fingerprint density at radius 1 is 1.26 bits per heavy atom. The second kappa shape index (κ2) is 9.96. The molecule has 6 nitrogen and oxygen atoms in total. The lowest BCUT2D eigenvalue weighted by Gasteiger charge is -2.35. The number of aryl methyl sites for hydroxylation is 2. The molecule has 2 N–H and O–H groups in total. The van der Waals surface area contributed by atoms with Crippen molar-refractivity contribution in [3.8, 4) is 0 Å². The lowest BCUT2D eigenvalue weighted by atomic mass is 10.0. The number of guanidine groups is 1. The number of aromatic nitrogens is 2. The van der Waals surface area contributed by atoms with Crippen molar-refractivity contribution in [3.63, 3.8) is 0 Å². The zero-order valence-corrected chi connectivity index (χ0v) is 19.0. The molecule has 1 atom stereocenters. The van der Waals surface area contributed by atoms with E-state index in [0.717, 1.165) is 37.7 Å². The molecule has 0 amide bonds. The van der Waals surface area contributed by atoms with Gasteiger partial charge in [0.05, 0.1) is 5.69 Å². The van der Waals surface area contributed by atoms with Gasteiger partial charge in [-0.25, -0.2) is 0 Å². The number of anilines is 1. The molecule has 0 bridgehead atoms. The summed E-state index contributed by atoms with van der Waals surface area (Å²) in [5.74, 6) is 0.854. The fourth-order valence-corrected chi connectivity index (χ4v) is 3.60. The molecule has 1 unspecified atom stereocenters. The highest BCUT2D eigenvalue weighted by Crippen LogP contribution is 2.19. The van der Waals surface area contributed by atoms with Crippen LogP contribution in [-0.2, 0) is 13.6 Å². The minimum absolute atomic E-state index is 0. The van der Waals surface area contributed by atoms with Crippen molar-refractivity contribution in [3.05, 3.63) is 47.3 Å². The number of hydrogen-bond donors (Lipinski definition) is 2. The molecule has 0 spiro atoms. The molecule has 1 fully saturated rings. The van der Waals surface area contributed by atoms with E-state index in [-0.39, 0.29) is 24.0 Å². The highest BCUT2D eigenvalue weighted by atomic mass is 127. The summed E-state index contributed by atoms with van der Waals surface area (Å²) in [4.78, 5) is 6.86. The maximum atomic E-state index is 4.48. The van der Waals surface area contributed by atoms with Crippen LogP contribution in [0.25, 0.3) is 0 Å². The number of hydrogen-bond acceptors (Lipinski definition) is 3. The van der Waals surface area contributed by atoms with E-state index >= 15 is 0 Å². The summed E-state index contributed by atoms with van der Waals surface area (Å²) in [6.45, 7) is 7.00. The Hall–Kier alpha value is -1.77. The average molecular weight is 482 g/mol. The molecule has 1 aliphatic heterocycles. The first kappa shape index (κ1) is 21.5. The van der Waals surface area contributed by atoms with Gasteiger partial charge in [-0.3, -0.25) is 9.67 Å². The number of piperidine rings is 1. The van der Waals surface area contributed by atoms with E-state index in [0.29, 0.717) is 6.04 Å². The van der Waals surface area contributed by atoms with Crippen LogP contribution in [0.15, 0.2) is 35.3 Å². The lowest BCUT2D eigenvalue weighted by Crippen LogP contribution is -2.51. The van der Waals surface area contributed by atoms with E-state index in [2.05, 4.69) is 69.8 Å². The van der Waals surface area contributed by atoms with Crippen LogP contribution in [0.3, 0.4) is 0 Å². The van der Waals surface area contributed by atoms with Crippen LogP contribution in [0.2, 0.25) is 0 Å². The molecular formula is C20H31IN6. The van der Waals surface area contributed by atoms with E-state index < -0.39 is 0 Å². The van der Waals surface area contributed by atoms with E-state index in [1.54, 1.807) is 0 Å². The van der Waals surface area contributed by atoms with Gasteiger partial charge in [-0.1, -0.05) is 18.2 Å². The normalized spacial score (nSPS) is 17.4. The van der Waals surface area contributed by atoms with Crippen molar-refractivity contribution in [2.45, 2.75) is 39.3 Å². The number of halogens is 1. The fraction of sp³-hybridized carbons (Fsp3) is 0.500. The predicted molar refractivity (Wildman–Crippen MR) is 123 cm³/mol. The fourth-order valence-electron chi connectivity index (χ4n) is 3.60. The molecule has 0 saturated carbocycles. The Bertz CT molecular complexity index is 755. The largest absolute Gasteiger partial charge is 0.369 e. The number of nitrogens with one attached hydrogen (secondary N) is 2. The molecular weight excluding hydrogens is 451 g/mol. The van der Waals surface area contributed by atoms with Gasteiger partial charge in [0.2, 0.25) is 0 Å². The van der Waals surface area contributed by atoms with Crippen molar-refractivity contribution >= 4 is 35.6 Å². The van der Waals surface area contributed by atoms with Crippen LogP contribution in [0.4, 0.5) is 5.69 Å². The highest BCUT2D eigenvalue weighted by Gasteiger charge is 2.21. The monoisotopic (exact) mass is 482 g/mol. The van der Waals surface area contributed by atoms with Gasteiger partial charge in [0.15, 0.2) is 5.96 Å². The highest BCUT2D eigenvalue weighted by molar-refractivity contribution is 14.0. The molecule has 2 aromatic rings. The Morgan fingerprint density at radius 2 is 2.00 bits per heavy atom. The van der Waals surface area contributed by atoms with Crippen molar-refractivity contribution in [1.29, 1.82) is 0 Å². The molecule has 1 saturated heterocycles. The molecule has 3 rings (SSSR count). The average Bonchev–Trinajstić information content (AvgIpc) is 2.91. The smallest absolute Gasteiger partial charge is 0.191 e. The van der Waals surface area contributed by atoms with Gasteiger partial charge in [-0.2, -0.15) is 5.10 Å². The van der Waals surface area contributed by atoms with Crippen molar-refractivity contribution < 1.29 is 0 Å². The number of rotatable bonds is 4. The van der Waals surface area contributed by atoms with Crippen LogP contribution in [0.5, 0.6) is 0 Å². The molecule has 1 aliphatic rings. The predicted octanol–water partition coefficient (Wildman–Crippen LogP) is 2.99. The van der Waals surface area contributed by atoms with Crippen LogP contribution in [-0.4, -0.2) is 41.9 Å².